The highest BCUT2D eigenvalue weighted by Gasteiger charge is 2.16. The van der Waals surface area contributed by atoms with Crippen LogP contribution in [0.5, 0.6) is 5.75 Å². The highest BCUT2D eigenvalue weighted by atomic mass is 32.1. The van der Waals surface area contributed by atoms with E-state index in [-0.39, 0.29) is 6.10 Å². The highest BCUT2D eigenvalue weighted by Crippen LogP contribution is 2.34. The van der Waals surface area contributed by atoms with Crippen molar-refractivity contribution < 1.29 is 4.74 Å². The number of hydrogen-bond donors (Lipinski definition) is 1. The van der Waals surface area contributed by atoms with E-state index in [0.29, 0.717) is 0 Å². The minimum absolute atomic E-state index is 0.231. The summed E-state index contributed by atoms with van der Waals surface area (Å²) in [6.45, 7) is 5.01. The van der Waals surface area contributed by atoms with E-state index in [4.69, 9.17) is 4.74 Å². The van der Waals surface area contributed by atoms with Crippen molar-refractivity contribution >= 4 is 17.0 Å². The van der Waals surface area contributed by atoms with Crippen LogP contribution in [0.25, 0.3) is 11.3 Å². The van der Waals surface area contributed by atoms with Crippen molar-refractivity contribution in [2.45, 2.75) is 20.0 Å². The van der Waals surface area contributed by atoms with Gasteiger partial charge in [-0.3, -0.25) is 0 Å². The summed E-state index contributed by atoms with van der Waals surface area (Å²) in [5.41, 5.74) is 5.16. The molecule has 3 rings (SSSR count). The first-order valence-electron chi connectivity index (χ1n) is 5.69. The molecule has 1 N–H and O–H groups in total. The van der Waals surface area contributed by atoms with E-state index in [9.17, 15) is 0 Å². The van der Waals surface area contributed by atoms with Gasteiger partial charge in [0.05, 0.1) is 23.4 Å². The normalized spacial score (nSPS) is 18.1. The van der Waals surface area contributed by atoms with Crippen molar-refractivity contribution in [3.8, 4) is 17.0 Å². The molecule has 0 fully saturated rings. The zero-order chi connectivity index (χ0) is 11.8. The largest absolute Gasteiger partial charge is 0.487 e. The van der Waals surface area contributed by atoms with Gasteiger partial charge in [-0.25, -0.2) is 4.98 Å². The molecular formula is C13H14N2OS. The van der Waals surface area contributed by atoms with E-state index in [1.165, 1.54) is 4.88 Å². The van der Waals surface area contributed by atoms with Gasteiger partial charge in [0, 0.05) is 10.4 Å². The lowest BCUT2D eigenvalue weighted by atomic mass is 10.1. The van der Waals surface area contributed by atoms with Crippen LogP contribution in [0.1, 0.15) is 11.8 Å². The average Bonchev–Trinajstić information content (AvgIpc) is 2.75. The standard InChI is InChI=1S/C13H14N2OS/c1-8-6-14-11-5-10(3-4-12(11)16-8)13-9(2)17-7-15-13/h3-5,7-8,14H,6H2,1-2H3. The Hall–Kier alpha value is -1.55. The van der Waals surface area contributed by atoms with Crippen LogP contribution in [0.2, 0.25) is 0 Å². The fourth-order valence-corrected chi connectivity index (χ4v) is 2.61. The summed E-state index contributed by atoms with van der Waals surface area (Å²) in [5, 5.41) is 3.38. The molecule has 3 nitrogen and oxygen atoms in total. The molecule has 0 aliphatic carbocycles. The van der Waals surface area contributed by atoms with Crippen molar-refractivity contribution in [1.29, 1.82) is 0 Å². The number of aromatic nitrogens is 1. The maximum Gasteiger partial charge on any atom is 0.142 e. The molecule has 1 unspecified atom stereocenters. The molecule has 1 aliphatic heterocycles. The lowest BCUT2D eigenvalue weighted by molar-refractivity contribution is 0.226. The minimum atomic E-state index is 0.231. The van der Waals surface area contributed by atoms with Crippen LogP contribution in [0, 0.1) is 6.92 Å². The van der Waals surface area contributed by atoms with Crippen LogP contribution in [-0.2, 0) is 0 Å². The Kier molecular flexibility index (Phi) is 2.52. The average molecular weight is 246 g/mol. The summed E-state index contributed by atoms with van der Waals surface area (Å²) in [6.07, 6.45) is 0.231. The highest BCUT2D eigenvalue weighted by molar-refractivity contribution is 7.10. The number of hydrogen-bond acceptors (Lipinski definition) is 4. The fourth-order valence-electron chi connectivity index (χ4n) is 2.01. The number of rotatable bonds is 1. The molecule has 0 radical (unpaired) electrons. The molecule has 1 aromatic carbocycles. The number of anilines is 1. The van der Waals surface area contributed by atoms with Gasteiger partial charge in [0.15, 0.2) is 0 Å². The second kappa shape index (κ2) is 4.04. The quantitative estimate of drug-likeness (QED) is 0.838. The summed E-state index contributed by atoms with van der Waals surface area (Å²) < 4.78 is 5.75. The van der Waals surface area contributed by atoms with E-state index >= 15 is 0 Å². The third-order valence-electron chi connectivity index (χ3n) is 2.91. The van der Waals surface area contributed by atoms with E-state index in [1.54, 1.807) is 11.3 Å². The van der Waals surface area contributed by atoms with Gasteiger partial charge < -0.3 is 10.1 Å². The van der Waals surface area contributed by atoms with Gasteiger partial charge in [-0.05, 0) is 32.0 Å². The predicted molar refractivity (Wildman–Crippen MR) is 70.9 cm³/mol. The number of nitrogens with one attached hydrogen (secondary N) is 1. The first-order chi connectivity index (χ1) is 8.24. The van der Waals surface area contributed by atoms with E-state index < -0.39 is 0 Å². The van der Waals surface area contributed by atoms with Crippen LogP contribution in [0.3, 0.4) is 0 Å². The summed E-state index contributed by atoms with van der Waals surface area (Å²) in [6, 6.07) is 6.20. The van der Waals surface area contributed by atoms with Crippen LogP contribution in [-0.4, -0.2) is 17.6 Å². The third kappa shape index (κ3) is 1.89. The maximum atomic E-state index is 5.75. The number of ether oxygens (including phenoxy) is 1. The van der Waals surface area contributed by atoms with Crippen molar-refractivity contribution in [3.63, 3.8) is 0 Å². The van der Waals surface area contributed by atoms with Gasteiger partial charge >= 0.3 is 0 Å². The second-order valence-electron chi connectivity index (χ2n) is 4.28. The summed E-state index contributed by atoms with van der Waals surface area (Å²) >= 11 is 1.67. The monoisotopic (exact) mass is 246 g/mol. The first-order valence-corrected chi connectivity index (χ1v) is 6.57. The number of thiazole rings is 1. The SMILES string of the molecule is Cc1scnc1-c1ccc2c(c1)NCC(C)O2. The zero-order valence-corrected chi connectivity index (χ0v) is 10.7. The van der Waals surface area contributed by atoms with Gasteiger partial charge in [-0.1, -0.05) is 0 Å². The fraction of sp³-hybridized carbons (Fsp3) is 0.308. The third-order valence-corrected chi connectivity index (χ3v) is 3.66. The van der Waals surface area contributed by atoms with Crippen molar-refractivity contribution in [3.05, 3.63) is 28.6 Å². The lowest BCUT2D eigenvalue weighted by Gasteiger charge is -2.25. The van der Waals surface area contributed by atoms with Crippen LogP contribution >= 0.6 is 11.3 Å². The van der Waals surface area contributed by atoms with E-state index in [2.05, 4.69) is 36.3 Å². The molecule has 0 bridgehead atoms. The Morgan fingerprint density at radius 2 is 2.35 bits per heavy atom. The smallest absolute Gasteiger partial charge is 0.142 e. The van der Waals surface area contributed by atoms with Crippen molar-refractivity contribution in [2.75, 3.05) is 11.9 Å². The van der Waals surface area contributed by atoms with Crippen LogP contribution in [0.15, 0.2) is 23.7 Å². The molecule has 88 valence electrons. The molecular weight excluding hydrogens is 232 g/mol. The summed E-state index contributed by atoms with van der Waals surface area (Å²) in [5.74, 6) is 0.931. The van der Waals surface area contributed by atoms with Gasteiger partial charge in [0.2, 0.25) is 0 Å². The Balaban J connectivity index is 2.02. The zero-order valence-electron chi connectivity index (χ0n) is 9.86. The summed E-state index contributed by atoms with van der Waals surface area (Å²) in [7, 11) is 0. The van der Waals surface area contributed by atoms with Crippen molar-refractivity contribution in [1.82, 2.24) is 4.98 Å². The topological polar surface area (TPSA) is 34.2 Å². The number of benzene rings is 1. The molecule has 17 heavy (non-hydrogen) atoms. The molecule has 1 aliphatic rings. The lowest BCUT2D eigenvalue weighted by Crippen LogP contribution is -2.27. The first kappa shape index (κ1) is 10.6. The Morgan fingerprint density at radius 1 is 1.47 bits per heavy atom. The van der Waals surface area contributed by atoms with Crippen LogP contribution < -0.4 is 10.1 Å². The molecule has 0 saturated carbocycles. The molecule has 2 aromatic rings. The molecule has 0 amide bonds. The molecule has 1 aromatic heterocycles. The Bertz CT molecular complexity index is 550. The van der Waals surface area contributed by atoms with Gasteiger partial charge in [0.25, 0.3) is 0 Å². The van der Waals surface area contributed by atoms with E-state index in [1.807, 2.05) is 11.6 Å². The molecule has 0 spiro atoms. The number of aryl methyl sites for hydroxylation is 1. The molecule has 2 heterocycles. The maximum absolute atomic E-state index is 5.75. The second-order valence-corrected chi connectivity index (χ2v) is 5.34. The molecule has 0 saturated heterocycles. The van der Waals surface area contributed by atoms with Gasteiger partial charge in [-0.2, -0.15) is 0 Å². The predicted octanol–water partition coefficient (Wildman–Crippen LogP) is 3.31. The Labute approximate surface area is 104 Å². The summed E-state index contributed by atoms with van der Waals surface area (Å²) in [4.78, 5) is 5.65. The van der Waals surface area contributed by atoms with E-state index in [0.717, 1.165) is 29.2 Å². The van der Waals surface area contributed by atoms with Gasteiger partial charge in [-0.15, -0.1) is 11.3 Å². The molecule has 4 heteroatoms. The number of fused-ring (bicyclic) bond motifs is 1. The number of nitrogens with zero attached hydrogens (tertiary/aromatic N) is 1. The van der Waals surface area contributed by atoms with Crippen molar-refractivity contribution in [2.24, 2.45) is 0 Å². The van der Waals surface area contributed by atoms with Crippen LogP contribution in [0.4, 0.5) is 5.69 Å². The molecule has 1 atom stereocenters. The van der Waals surface area contributed by atoms with Gasteiger partial charge in [0.1, 0.15) is 11.9 Å². The minimum Gasteiger partial charge on any atom is -0.487 e. The Morgan fingerprint density at radius 3 is 3.12 bits per heavy atom.